The minimum absolute atomic E-state index is 0.122. The van der Waals surface area contributed by atoms with Crippen LogP contribution in [0.4, 0.5) is 0 Å². The van der Waals surface area contributed by atoms with E-state index in [0.717, 1.165) is 35.3 Å². The molecule has 8 heteroatoms. The summed E-state index contributed by atoms with van der Waals surface area (Å²) in [5.41, 5.74) is 13.8. The van der Waals surface area contributed by atoms with Crippen LogP contribution in [0.25, 0.3) is 16.7 Å². The molecule has 6 N–H and O–H groups in total. The number of guanidine groups is 1. The van der Waals surface area contributed by atoms with Crippen molar-refractivity contribution in [2.75, 3.05) is 13.1 Å². The minimum atomic E-state index is -0.303. The van der Waals surface area contributed by atoms with Crippen molar-refractivity contribution in [3.63, 3.8) is 0 Å². The molecule has 0 bridgehead atoms. The third-order valence-electron chi connectivity index (χ3n) is 4.39. The Morgan fingerprint density at radius 3 is 2.45 bits per heavy atom. The summed E-state index contributed by atoms with van der Waals surface area (Å²) in [4.78, 5) is 23.5. The van der Waals surface area contributed by atoms with Crippen LogP contribution in [0.3, 0.4) is 0 Å². The van der Waals surface area contributed by atoms with Crippen LogP contribution in [0.15, 0.2) is 46.3 Å². The number of H-pyrrole nitrogens is 1. The SMILES string of the molecule is CC.CC.Cc1cc2cn(-c3ccc(C(C)NCCCN=C(N)N)cc3)c(=O)nc2[nH]1. The lowest BCUT2D eigenvalue weighted by atomic mass is 10.1. The van der Waals surface area contributed by atoms with E-state index >= 15 is 0 Å². The fourth-order valence-corrected chi connectivity index (χ4v) is 2.96. The Morgan fingerprint density at radius 2 is 1.84 bits per heavy atom. The van der Waals surface area contributed by atoms with Crippen LogP contribution in [-0.4, -0.2) is 33.6 Å². The standard InChI is InChI=1S/C19H25N7O.2C2H6/c1-12-10-15-11-26(19(27)25-17(15)24-12)16-6-4-14(5-7-16)13(2)22-8-3-9-23-18(20)21;2*1-2/h4-7,10-11,13,22H,3,8-9H2,1-2H3,(H4,20,21,23)(H,24,25,27);2*1-2H3. The lowest BCUT2D eigenvalue weighted by Gasteiger charge is -2.15. The lowest BCUT2D eigenvalue weighted by Crippen LogP contribution is -2.24. The molecule has 2 aromatic heterocycles. The number of hydrogen-bond donors (Lipinski definition) is 4. The van der Waals surface area contributed by atoms with Gasteiger partial charge in [-0.15, -0.1) is 0 Å². The fraction of sp³-hybridized carbons (Fsp3) is 0.435. The maximum absolute atomic E-state index is 12.3. The quantitative estimate of drug-likeness (QED) is 0.261. The van der Waals surface area contributed by atoms with Gasteiger partial charge in [0.05, 0.1) is 5.69 Å². The first-order valence-corrected chi connectivity index (χ1v) is 10.9. The summed E-state index contributed by atoms with van der Waals surface area (Å²) in [5, 5.41) is 4.34. The number of hydrogen-bond acceptors (Lipinski definition) is 4. The Labute approximate surface area is 184 Å². The van der Waals surface area contributed by atoms with Gasteiger partial charge in [-0.05, 0) is 50.6 Å². The highest BCUT2D eigenvalue weighted by atomic mass is 16.1. The van der Waals surface area contributed by atoms with E-state index in [9.17, 15) is 4.79 Å². The van der Waals surface area contributed by atoms with E-state index in [-0.39, 0.29) is 17.7 Å². The van der Waals surface area contributed by atoms with Gasteiger partial charge in [-0.2, -0.15) is 4.98 Å². The summed E-state index contributed by atoms with van der Waals surface area (Å²) in [6.07, 6.45) is 2.67. The van der Waals surface area contributed by atoms with E-state index < -0.39 is 0 Å². The summed E-state index contributed by atoms with van der Waals surface area (Å²) in [5.74, 6) is 0.122. The smallest absolute Gasteiger partial charge is 0.354 e. The van der Waals surface area contributed by atoms with Crippen molar-refractivity contribution in [1.82, 2.24) is 19.9 Å². The Balaban J connectivity index is 0.00000113. The van der Waals surface area contributed by atoms with E-state index in [1.165, 1.54) is 0 Å². The van der Waals surface area contributed by atoms with Gasteiger partial charge in [0, 0.05) is 29.9 Å². The molecule has 0 aliphatic heterocycles. The van der Waals surface area contributed by atoms with Gasteiger partial charge < -0.3 is 21.8 Å². The van der Waals surface area contributed by atoms with Crippen molar-refractivity contribution in [2.45, 2.75) is 54.0 Å². The molecule has 1 atom stereocenters. The second kappa shape index (κ2) is 13.2. The molecule has 2 heterocycles. The number of nitrogens with one attached hydrogen (secondary N) is 2. The number of aromatic nitrogens is 3. The molecule has 170 valence electrons. The topological polar surface area (TPSA) is 127 Å². The summed E-state index contributed by atoms with van der Waals surface area (Å²) in [6.45, 7) is 13.5. The van der Waals surface area contributed by atoms with Gasteiger partial charge in [0.25, 0.3) is 0 Å². The fourth-order valence-electron chi connectivity index (χ4n) is 2.96. The van der Waals surface area contributed by atoms with Gasteiger partial charge in [0.2, 0.25) is 0 Å². The molecule has 1 unspecified atom stereocenters. The molecule has 31 heavy (non-hydrogen) atoms. The Kier molecular flexibility index (Phi) is 11.1. The molecule has 0 radical (unpaired) electrons. The number of benzene rings is 1. The van der Waals surface area contributed by atoms with E-state index in [1.54, 1.807) is 4.57 Å². The zero-order chi connectivity index (χ0) is 23.4. The van der Waals surface area contributed by atoms with Crippen molar-refractivity contribution in [2.24, 2.45) is 16.5 Å². The zero-order valence-corrected chi connectivity index (χ0v) is 19.6. The second-order valence-corrected chi connectivity index (χ2v) is 6.58. The number of rotatable bonds is 7. The van der Waals surface area contributed by atoms with Crippen molar-refractivity contribution in [3.05, 3.63) is 58.3 Å². The third kappa shape index (κ3) is 7.57. The molecule has 1 aromatic carbocycles. The maximum atomic E-state index is 12.3. The first-order chi connectivity index (χ1) is 14.9. The van der Waals surface area contributed by atoms with Crippen LogP contribution in [-0.2, 0) is 0 Å². The van der Waals surface area contributed by atoms with Gasteiger partial charge in [-0.25, -0.2) is 4.79 Å². The second-order valence-electron chi connectivity index (χ2n) is 6.58. The first kappa shape index (κ1) is 25.9. The first-order valence-electron chi connectivity index (χ1n) is 10.9. The van der Waals surface area contributed by atoms with Crippen LogP contribution < -0.4 is 22.5 Å². The molecule has 3 rings (SSSR count). The van der Waals surface area contributed by atoms with E-state index in [4.69, 9.17) is 11.5 Å². The Bertz CT molecular complexity index is 999. The number of aryl methyl sites for hydroxylation is 1. The predicted molar refractivity (Wildman–Crippen MR) is 131 cm³/mol. The molecule has 0 fully saturated rings. The summed E-state index contributed by atoms with van der Waals surface area (Å²) in [6, 6.07) is 10.1. The molecule has 3 aromatic rings. The average Bonchev–Trinajstić information content (AvgIpc) is 3.14. The molecule has 0 saturated carbocycles. The van der Waals surface area contributed by atoms with Crippen molar-refractivity contribution < 1.29 is 0 Å². The van der Waals surface area contributed by atoms with Crippen LogP contribution in [0.2, 0.25) is 0 Å². The van der Waals surface area contributed by atoms with Crippen LogP contribution in [0, 0.1) is 6.92 Å². The Morgan fingerprint density at radius 1 is 1.19 bits per heavy atom. The summed E-state index contributed by atoms with van der Waals surface area (Å²) < 4.78 is 1.56. The molecule has 8 nitrogen and oxygen atoms in total. The molecular weight excluding hydrogens is 390 g/mol. The highest BCUT2D eigenvalue weighted by Gasteiger charge is 2.08. The van der Waals surface area contributed by atoms with Gasteiger partial charge >= 0.3 is 5.69 Å². The number of nitrogens with two attached hydrogens (primary N) is 2. The monoisotopic (exact) mass is 427 g/mol. The average molecular weight is 428 g/mol. The highest BCUT2D eigenvalue weighted by molar-refractivity contribution is 5.76. The van der Waals surface area contributed by atoms with Gasteiger partial charge in [-0.1, -0.05) is 39.8 Å². The largest absolute Gasteiger partial charge is 0.370 e. The van der Waals surface area contributed by atoms with Gasteiger partial charge in [-0.3, -0.25) is 9.56 Å². The van der Waals surface area contributed by atoms with Gasteiger partial charge in [0.15, 0.2) is 5.96 Å². The lowest BCUT2D eigenvalue weighted by molar-refractivity contribution is 0.562. The van der Waals surface area contributed by atoms with Crippen LogP contribution in [0.1, 0.15) is 58.3 Å². The predicted octanol–water partition coefficient (Wildman–Crippen LogP) is 3.39. The van der Waals surface area contributed by atoms with E-state index in [0.29, 0.717) is 12.2 Å². The molecular formula is C23H37N7O. The van der Waals surface area contributed by atoms with E-state index in [1.807, 2.05) is 71.1 Å². The van der Waals surface area contributed by atoms with E-state index in [2.05, 4.69) is 27.2 Å². The minimum Gasteiger partial charge on any atom is -0.370 e. The van der Waals surface area contributed by atoms with Crippen LogP contribution >= 0.6 is 0 Å². The molecule has 0 spiro atoms. The normalized spacial score (nSPS) is 11.0. The summed E-state index contributed by atoms with van der Waals surface area (Å²) >= 11 is 0. The molecule has 0 aliphatic carbocycles. The van der Waals surface area contributed by atoms with Crippen LogP contribution in [0.5, 0.6) is 0 Å². The highest BCUT2D eigenvalue weighted by Crippen LogP contribution is 2.17. The molecule has 0 saturated heterocycles. The number of aromatic amines is 1. The number of aliphatic imine (C=N–C) groups is 1. The maximum Gasteiger partial charge on any atom is 0.354 e. The van der Waals surface area contributed by atoms with Gasteiger partial charge in [0.1, 0.15) is 5.65 Å². The molecule has 0 amide bonds. The number of nitrogens with zero attached hydrogens (tertiary/aromatic N) is 3. The van der Waals surface area contributed by atoms with Crippen molar-refractivity contribution in [3.8, 4) is 5.69 Å². The van der Waals surface area contributed by atoms with Crippen molar-refractivity contribution in [1.29, 1.82) is 0 Å². The summed E-state index contributed by atoms with van der Waals surface area (Å²) in [7, 11) is 0. The number of fused-ring (bicyclic) bond motifs is 1. The zero-order valence-electron chi connectivity index (χ0n) is 19.6. The Hall–Kier alpha value is -3.13. The third-order valence-corrected chi connectivity index (χ3v) is 4.39. The van der Waals surface area contributed by atoms with Crippen molar-refractivity contribution >= 4 is 17.0 Å². The molecule has 0 aliphatic rings.